The molecule has 0 aliphatic rings. The third kappa shape index (κ3) is 4.93. The van der Waals surface area contributed by atoms with Crippen molar-refractivity contribution in [1.82, 2.24) is 0 Å². The summed E-state index contributed by atoms with van der Waals surface area (Å²) in [7, 11) is 0. The van der Waals surface area contributed by atoms with Crippen molar-refractivity contribution in [2.75, 3.05) is 25.1 Å². The summed E-state index contributed by atoms with van der Waals surface area (Å²) in [5.74, 6) is 0.506. The Balaban J connectivity index is 1.95. The first-order chi connectivity index (χ1) is 10.3. The van der Waals surface area contributed by atoms with Crippen LogP contribution >= 0.6 is 0 Å². The lowest BCUT2D eigenvalue weighted by molar-refractivity contribution is 0.102. The van der Waals surface area contributed by atoms with Gasteiger partial charge < -0.3 is 14.8 Å². The number of amides is 1. The quantitative estimate of drug-likeness (QED) is 0.794. The zero-order valence-electron chi connectivity index (χ0n) is 12.0. The van der Waals surface area contributed by atoms with E-state index >= 15 is 0 Å². The average molecular weight is 285 g/mol. The molecule has 0 atom stereocenters. The van der Waals surface area contributed by atoms with Gasteiger partial charge in [0.15, 0.2) is 0 Å². The van der Waals surface area contributed by atoms with Crippen LogP contribution in [0.15, 0.2) is 54.6 Å². The van der Waals surface area contributed by atoms with Crippen LogP contribution in [0.25, 0.3) is 0 Å². The maximum Gasteiger partial charge on any atom is 0.255 e. The Kier molecular flexibility index (Phi) is 5.79. The molecule has 0 spiro atoms. The molecule has 0 aliphatic carbocycles. The molecule has 2 rings (SSSR count). The molecule has 0 unspecified atom stereocenters. The minimum absolute atomic E-state index is 0.156. The van der Waals surface area contributed by atoms with Gasteiger partial charge in [0.25, 0.3) is 5.91 Å². The van der Waals surface area contributed by atoms with Crippen molar-refractivity contribution in [3.63, 3.8) is 0 Å². The molecule has 0 radical (unpaired) electrons. The number of carbonyl (C=O) groups is 1. The molecule has 0 saturated heterocycles. The highest BCUT2D eigenvalue weighted by atomic mass is 16.5. The van der Waals surface area contributed by atoms with E-state index in [1.165, 1.54) is 0 Å². The van der Waals surface area contributed by atoms with Gasteiger partial charge in [-0.3, -0.25) is 4.79 Å². The van der Waals surface area contributed by atoms with Crippen LogP contribution in [-0.2, 0) is 4.74 Å². The van der Waals surface area contributed by atoms with Crippen molar-refractivity contribution >= 4 is 11.6 Å². The minimum atomic E-state index is -0.156. The van der Waals surface area contributed by atoms with Crippen molar-refractivity contribution < 1.29 is 14.3 Å². The molecule has 2 aromatic carbocycles. The van der Waals surface area contributed by atoms with Crippen LogP contribution in [-0.4, -0.2) is 25.7 Å². The molecule has 0 saturated carbocycles. The highest BCUT2D eigenvalue weighted by Crippen LogP contribution is 2.15. The Morgan fingerprint density at radius 3 is 2.62 bits per heavy atom. The van der Waals surface area contributed by atoms with Gasteiger partial charge in [-0.25, -0.2) is 0 Å². The van der Waals surface area contributed by atoms with Crippen molar-refractivity contribution in [2.24, 2.45) is 0 Å². The summed E-state index contributed by atoms with van der Waals surface area (Å²) in [5.41, 5.74) is 1.33. The Morgan fingerprint density at radius 2 is 1.86 bits per heavy atom. The van der Waals surface area contributed by atoms with Gasteiger partial charge in [0.05, 0.1) is 6.61 Å². The van der Waals surface area contributed by atoms with E-state index in [4.69, 9.17) is 9.47 Å². The van der Waals surface area contributed by atoms with Gasteiger partial charge in [-0.15, -0.1) is 0 Å². The van der Waals surface area contributed by atoms with Crippen LogP contribution in [0.5, 0.6) is 5.75 Å². The second-order valence-electron chi connectivity index (χ2n) is 4.39. The maximum atomic E-state index is 12.2. The smallest absolute Gasteiger partial charge is 0.255 e. The first-order valence-electron chi connectivity index (χ1n) is 6.96. The number of hydrogen-bond acceptors (Lipinski definition) is 3. The van der Waals surface area contributed by atoms with Crippen LogP contribution in [0.4, 0.5) is 5.69 Å². The van der Waals surface area contributed by atoms with E-state index in [2.05, 4.69) is 5.32 Å². The Hall–Kier alpha value is -2.33. The lowest BCUT2D eigenvalue weighted by atomic mass is 10.2. The number of benzene rings is 2. The number of para-hydroxylation sites is 1. The standard InChI is InChI=1S/C17H19NO3/c1-2-20-11-12-21-16-10-6-7-14(13-16)17(19)18-15-8-4-3-5-9-15/h3-10,13H,2,11-12H2,1H3,(H,18,19). The summed E-state index contributed by atoms with van der Waals surface area (Å²) in [6, 6.07) is 16.5. The molecule has 110 valence electrons. The summed E-state index contributed by atoms with van der Waals surface area (Å²) in [6.45, 7) is 3.62. The van der Waals surface area contributed by atoms with Gasteiger partial charge in [-0.2, -0.15) is 0 Å². The second kappa shape index (κ2) is 8.07. The molecular weight excluding hydrogens is 266 g/mol. The summed E-state index contributed by atoms with van der Waals surface area (Å²) in [6.07, 6.45) is 0. The molecule has 4 nitrogen and oxygen atoms in total. The fourth-order valence-electron chi connectivity index (χ4n) is 1.81. The SMILES string of the molecule is CCOCCOc1cccc(C(=O)Nc2ccccc2)c1. The van der Waals surface area contributed by atoms with Crippen LogP contribution in [0.3, 0.4) is 0 Å². The Morgan fingerprint density at radius 1 is 1.05 bits per heavy atom. The molecule has 21 heavy (non-hydrogen) atoms. The summed E-state index contributed by atoms with van der Waals surface area (Å²) < 4.78 is 10.8. The fourth-order valence-corrected chi connectivity index (χ4v) is 1.81. The zero-order chi connectivity index (χ0) is 14.9. The average Bonchev–Trinajstić information content (AvgIpc) is 2.53. The monoisotopic (exact) mass is 285 g/mol. The van der Waals surface area contributed by atoms with Crippen LogP contribution in [0.1, 0.15) is 17.3 Å². The third-order valence-corrected chi connectivity index (χ3v) is 2.83. The van der Waals surface area contributed by atoms with Crippen molar-refractivity contribution in [2.45, 2.75) is 6.92 Å². The van der Waals surface area contributed by atoms with E-state index in [1.807, 2.05) is 43.3 Å². The topological polar surface area (TPSA) is 47.6 Å². The van der Waals surface area contributed by atoms with Gasteiger partial charge in [0.2, 0.25) is 0 Å². The fraction of sp³-hybridized carbons (Fsp3) is 0.235. The number of hydrogen-bond donors (Lipinski definition) is 1. The first-order valence-corrected chi connectivity index (χ1v) is 6.96. The van der Waals surface area contributed by atoms with Gasteiger partial charge in [-0.1, -0.05) is 24.3 Å². The highest BCUT2D eigenvalue weighted by molar-refractivity contribution is 6.04. The van der Waals surface area contributed by atoms with Crippen molar-refractivity contribution in [1.29, 1.82) is 0 Å². The molecule has 0 aliphatic heterocycles. The first kappa shape index (κ1) is 15.1. The van der Waals surface area contributed by atoms with E-state index in [9.17, 15) is 4.79 Å². The van der Waals surface area contributed by atoms with Gasteiger partial charge >= 0.3 is 0 Å². The predicted molar refractivity (Wildman–Crippen MR) is 82.8 cm³/mol. The van der Waals surface area contributed by atoms with Crippen LogP contribution in [0, 0.1) is 0 Å². The minimum Gasteiger partial charge on any atom is -0.491 e. The van der Waals surface area contributed by atoms with E-state index in [1.54, 1.807) is 18.2 Å². The second-order valence-corrected chi connectivity index (χ2v) is 4.39. The number of ether oxygens (including phenoxy) is 2. The van der Waals surface area contributed by atoms with Gasteiger partial charge in [0, 0.05) is 17.9 Å². The molecule has 0 fully saturated rings. The summed E-state index contributed by atoms with van der Waals surface area (Å²) in [4.78, 5) is 12.2. The van der Waals surface area contributed by atoms with Gasteiger partial charge in [-0.05, 0) is 37.3 Å². The molecule has 1 N–H and O–H groups in total. The molecule has 1 amide bonds. The molecule has 2 aromatic rings. The molecular formula is C17H19NO3. The Bertz CT molecular complexity index is 569. The lowest BCUT2D eigenvalue weighted by Crippen LogP contribution is -2.12. The van der Waals surface area contributed by atoms with Gasteiger partial charge in [0.1, 0.15) is 12.4 Å². The Labute approximate surface area is 124 Å². The van der Waals surface area contributed by atoms with E-state index in [0.29, 0.717) is 31.1 Å². The van der Waals surface area contributed by atoms with Crippen LogP contribution < -0.4 is 10.1 Å². The lowest BCUT2D eigenvalue weighted by Gasteiger charge is -2.09. The van der Waals surface area contributed by atoms with E-state index in [0.717, 1.165) is 5.69 Å². The summed E-state index contributed by atoms with van der Waals surface area (Å²) >= 11 is 0. The molecule has 0 bridgehead atoms. The van der Waals surface area contributed by atoms with Crippen molar-refractivity contribution in [3.8, 4) is 5.75 Å². The normalized spacial score (nSPS) is 10.1. The largest absolute Gasteiger partial charge is 0.491 e. The number of carbonyl (C=O) groups excluding carboxylic acids is 1. The van der Waals surface area contributed by atoms with Crippen LogP contribution in [0.2, 0.25) is 0 Å². The third-order valence-electron chi connectivity index (χ3n) is 2.83. The molecule has 0 heterocycles. The number of rotatable bonds is 7. The molecule has 4 heteroatoms. The van der Waals surface area contributed by atoms with E-state index in [-0.39, 0.29) is 5.91 Å². The molecule has 0 aromatic heterocycles. The number of nitrogens with one attached hydrogen (secondary N) is 1. The summed E-state index contributed by atoms with van der Waals surface area (Å²) in [5, 5.41) is 2.84. The maximum absolute atomic E-state index is 12.2. The zero-order valence-corrected chi connectivity index (χ0v) is 12.0. The predicted octanol–water partition coefficient (Wildman–Crippen LogP) is 3.35. The van der Waals surface area contributed by atoms with Crippen molar-refractivity contribution in [3.05, 3.63) is 60.2 Å². The highest BCUT2D eigenvalue weighted by Gasteiger charge is 2.07. The van der Waals surface area contributed by atoms with E-state index < -0.39 is 0 Å². The number of anilines is 1.